The van der Waals surface area contributed by atoms with E-state index in [0.717, 1.165) is 32.3 Å². The lowest BCUT2D eigenvalue weighted by atomic mass is 9.85. The second kappa shape index (κ2) is 2.94. The molecule has 2 bridgehead atoms. The van der Waals surface area contributed by atoms with Gasteiger partial charge in [0.15, 0.2) is 0 Å². The molecule has 2 heterocycles. The molecule has 2 unspecified atom stereocenters. The lowest BCUT2D eigenvalue weighted by Gasteiger charge is -2.44. The summed E-state index contributed by atoms with van der Waals surface area (Å²) in [6.45, 7) is 3.65. The highest BCUT2D eigenvalue weighted by atomic mass is 16.5. The van der Waals surface area contributed by atoms with Gasteiger partial charge >= 0.3 is 0 Å². The van der Waals surface area contributed by atoms with E-state index in [0.29, 0.717) is 11.8 Å². The molecule has 3 heteroatoms. The molecule has 74 valence electrons. The van der Waals surface area contributed by atoms with E-state index in [4.69, 9.17) is 4.74 Å². The van der Waals surface area contributed by atoms with Crippen molar-refractivity contribution in [3.8, 4) is 0 Å². The molecule has 0 radical (unpaired) electrons. The van der Waals surface area contributed by atoms with Crippen molar-refractivity contribution < 1.29 is 9.84 Å². The van der Waals surface area contributed by atoms with Gasteiger partial charge in [-0.15, -0.1) is 0 Å². The van der Waals surface area contributed by atoms with E-state index in [1.807, 2.05) is 0 Å². The van der Waals surface area contributed by atoms with Crippen LogP contribution in [0.4, 0.5) is 0 Å². The Morgan fingerprint density at radius 3 is 2.23 bits per heavy atom. The second-order valence-electron chi connectivity index (χ2n) is 4.73. The van der Waals surface area contributed by atoms with E-state index in [-0.39, 0.29) is 6.10 Å². The summed E-state index contributed by atoms with van der Waals surface area (Å²) < 4.78 is 5.47. The second-order valence-corrected chi connectivity index (χ2v) is 4.73. The number of hydrogen-bond donors (Lipinski definition) is 1. The molecule has 13 heavy (non-hydrogen) atoms. The first-order valence-corrected chi connectivity index (χ1v) is 5.34. The van der Waals surface area contributed by atoms with Gasteiger partial charge in [-0.2, -0.15) is 0 Å². The number of likely N-dealkylation sites (tertiary alicyclic amines) is 1. The number of fused-ring (bicyclic) bond motifs is 2. The Balaban J connectivity index is 1.72. The fourth-order valence-corrected chi connectivity index (χ4v) is 2.69. The summed E-state index contributed by atoms with van der Waals surface area (Å²) in [6, 6.07) is 0.843. The molecule has 1 saturated carbocycles. The van der Waals surface area contributed by atoms with Gasteiger partial charge in [0.2, 0.25) is 0 Å². The van der Waals surface area contributed by atoms with Crippen LogP contribution in [0.5, 0.6) is 0 Å². The summed E-state index contributed by atoms with van der Waals surface area (Å²) in [5.41, 5.74) is 0. The SMILES string of the molecule is OC1C2COCC1CN(C1CC1)C2. The van der Waals surface area contributed by atoms with Crippen LogP contribution in [0.15, 0.2) is 0 Å². The summed E-state index contributed by atoms with van der Waals surface area (Å²) >= 11 is 0. The molecular weight excluding hydrogens is 166 g/mol. The molecule has 3 fully saturated rings. The van der Waals surface area contributed by atoms with Crippen molar-refractivity contribution in [3.05, 3.63) is 0 Å². The highest BCUT2D eigenvalue weighted by molar-refractivity contribution is 4.95. The van der Waals surface area contributed by atoms with Crippen molar-refractivity contribution in [2.75, 3.05) is 26.3 Å². The average Bonchev–Trinajstić information content (AvgIpc) is 2.85. The van der Waals surface area contributed by atoms with Gasteiger partial charge in [0.1, 0.15) is 0 Å². The quantitative estimate of drug-likeness (QED) is 0.625. The zero-order valence-corrected chi connectivity index (χ0v) is 7.85. The summed E-state index contributed by atoms with van der Waals surface area (Å²) in [7, 11) is 0. The van der Waals surface area contributed by atoms with Gasteiger partial charge in [-0.1, -0.05) is 0 Å². The Bertz CT molecular complexity index is 191. The fourth-order valence-electron chi connectivity index (χ4n) is 2.69. The monoisotopic (exact) mass is 183 g/mol. The van der Waals surface area contributed by atoms with Crippen LogP contribution < -0.4 is 0 Å². The third-order valence-corrected chi connectivity index (χ3v) is 3.63. The van der Waals surface area contributed by atoms with Crippen molar-refractivity contribution >= 4 is 0 Å². The molecule has 3 nitrogen and oxygen atoms in total. The highest BCUT2D eigenvalue weighted by Gasteiger charge is 2.43. The number of aliphatic hydroxyl groups is 1. The van der Waals surface area contributed by atoms with Crippen molar-refractivity contribution in [2.45, 2.75) is 25.0 Å². The normalized spacial score (nSPS) is 46.4. The number of rotatable bonds is 1. The van der Waals surface area contributed by atoms with Gasteiger partial charge in [-0.05, 0) is 12.8 Å². The zero-order chi connectivity index (χ0) is 8.84. The molecule has 3 rings (SSSR count). The standard InChI is InChI=1S/C10H17NO2/c12-10-7-3-11(9-1-2-9)4-8(10)6-13-5-7/h7-10,12H,1-6H2. The van der Waals surface area contributed by atoms with Crippen LogP contribution in [0.2, 0.25) is 0 Å². The lowest BCUT2D eigenvalue weighted by molar-refractivity contribution is -0.125. The van der Waals surface area contributed by atoms with E-state index >= 15 is 0 Å². The van der Waals surface area contributed by atoms with Crippen LogP contribution in [-0.4, -0.2) is 48.5 Å². The van der Waals surface area contributed by atoms with Crippen LogP contribution in [0.3, 0.4) is 0 Å². The van der Waals surface area contributed by atoms with Crippen LogP contribution in [0.1, 0.15) is 12.8 Å². The third kappa shape index (κ3) is 1.39. The molecule has 0 aromatic rings. The predicted molar refractivity (Wildman–Crippen MR) is 48.4 cm³/mol. The molecule has 2 atom stereocenters. The molecule has 0 spiro atoms. The Kier molecular flexibility index (Phi) is 1.86. The molecule has 1 aliphatic carbocycles. The van der Waals surface area contributed by atoms with E-state index in [1.165, 1.54) is 12.8 Å². The molecule has 2 aliphatic heterocycles. The maximum atomic E-state index is 9.90. The van der Waals surface area contributed by atoms with Crippen LogP contribution in [0, 0.1) is 11.8 Å². The van der Waals surface area contributed by atoms with E-state index in [9.17, 15) is 5.11 Å². The first kappa shape index (κ1) is 8.21. The van der Waals surface area contributed by atoms with Gasteiger partial charge in [0.25, 0.3) is 0 Å². The van der Waals surface area contributed by atoms with Crippen LogP contribution in [0.25, 0.3) is 0 Å². The third-order valence-electron chi connectivity index (χ3n) is 3.63. The average molecular weight is 183 g/mol. The first-order valence-electron chi connectivity index (χ1n) is 5.34. The van der Waals surface area contributed by atoms with Crippen LogP contribution >= 0.6 is 0 Å². The maximum Gasteiger partial charge on any atom is 0.0665 e. The Morgan fingerprint density at radius 2 is 1.69 bits per heavy atom. The fraction of sp³-hybridized carbons (Fsp3) is 1.00. The predicted octanol–water partition coefficient (Wildman–Crippen LogP) is 0.0879. The van der Waals surface area contributed by atoms with Crippen molar-refractivity contribution in [1.82, 2.24) is 4.90 Å². The van der Waals surface area contributed by atoms with Crippen molar-refractivity contribution in [1.29, 1.82) is 0 Å². The van der Waals surface area contributed by atoms with E-state index in [1.54, 1.807) is 0 Å². The van der Waals surface area contributed by atoms with Gasteiger partial charge in [0, 0.05) is 31.0 Å². The molecular formula is C10H17NO2. The molecule has 3 aliphatic rings. The minimum atomic E-state index is -0.0938. The van der Waals surface area contributed by atoms with Crippen LogP contribution in [-0.2, 0) is 4.74 Å². The minimum Gasteiger partial charge on any atom is -0.392 e. The zero-order valence-electron chi connectivity index (χ0n) is 7.85. The van der Waals surface area contributed by atoms with Gasteiger partial charge < -0.3 is 9.84 Å². The number of aliphatic hydroxyl groups excluding tert-OH is 1. The topological polar surface area (TPSA) is 32.7 Å². The lowest BCUT2D eigenvalue weighted by Crippen LogP contribution is -2.55. The van der Waals surface area contributed by atoms with Crippen molar-refractivity contribution in [3.63, 3.8) is 0 Å². The largest absolute Gasteiger partial charge is 0.392 e. The van der Waals surface area contributed by atoms with E-state index < -0.39 is 0 Å². The summed E-state index contributed by atoms with van der Waals surface area (Å²) in [5, 5.41) is 9.90. The number of ether oxygens (including phenoxy) is 1. The number of hydrogen-bond acceptors (Lipinski definition) is 3. The minimum absolute atomic E-state index is 0.0938. The molecule has 0 aromatic carbocycles. The summed E-state index contributed by atoms with van der Waals surface area (Å²) in [5.74, 6) is 0.765. The summed E-state index contributed by atoms with van der Waals surface area (Å²) in [6.07, 6.45) is 2.65. The smallest absolute Gasteiger partial charge is 0.0665 e. The van der Waals surface area contributed by atoms with Crippen molar-refractivity contribution in [2.24, 2.45) is 11.8 Å². The summed E-state index contributed by atoms with van der Waals surface area (Å²) in [4.78, 5) is 2.56. The van der Waals surface area contributed by atoms with Gasteiger partial charge in [0.05, 0.1) is 19.3 Å². The molecule has 0 amide bonds. The number of piperidine rings is 1. The van der Waals surface area contributed by atoms with Gasteiger partial charge in [-0.25, -0.2) is 0 Å². The maximum absolute atomic E-state index is 9.90. The van der Waals surface area contributed by atoms with E-state index in [2.05, 4.69) is 4.90 Å². The van der Waals surface area contributed by atoms with Gasteiger partial charge in [-0.3, -0.25) is 4.90 Å². The Labute approximate surface area is 78.7 Å². The molecule has 1 N–H and O–H groups in total. The Hall–Kier alpha value is -0.120. The highest BCUT2D eigenvalue weighted by Crippen LogP contribution is 2.35. The molecule has 0 aromatic heterocycles. The first-order chi connectivity index (χ1) is 6.34. The molecule has 2 saturated heterocycles. The Morgan fingerprint density at radius 1 is 1.08 bits per heavy atom. The number of nitrogens with zero attached hydrogens (tertiary/aromatic N) is 1.